The molecule has 3 atom stereocenters. The highest BCUT2D eigenvalue weighted by atomic mass is 32.2. The molecular formula is C31H38F3N3O4S2. The summed E-state index contributed by atoms with van der Waals surface area (Å²) in [7, 11) is -3.64. The number of nitrogens with one attached hydrogen (secondary N) is 3. The molecule has 0 bridgehead atoms. The van der Waals surface area contributed by atoms with E-state index in [-0.39, 0.29) is 28.2 Å². The van der Waals surface area contributed by atoms with Gasteiger partial charge in [0.05, 0.1) is 22.8 Å². The first-order chi connectivity index (χ1) is 20.4. The summed E-state index contributed by atoms with van der Waals surface area (Å²) < 4.78 is 66.1. The molecule has 3 aliphatic rings. The fourth-order valence-corrected chi connectivity index (χ4v) is 8.23. The van der Waals surface area contributed by atoms with E-state index in [0.29, 0.717) is 30.7 Å². The maximum Gasteiger partial charge on any atom is 0.416 e. The average molecular weight is 638 g/mol. The Hall–Kier alpha value is -2.57. The Balaban J connectivity index is 1.24. The van der Waals surface area contributed by atoms with Gasteiger partial charge in [-0.05, 0) is 111 Å². The lowest BCUT2D eigenvalue weighted by Crippen LogP contribution is -2.53. The number of alkyl halides is 3. The lowest BCUT2D eigenvalue weighted by atomic mass is 9.82. The number of thioether (sulfide) groups is 1. The summed E-state index contributed by atoms with van der Waals surface area (Å²) in [5, 5.41) is 9.16. The first kappa shape index (κ1) is 31.8. The van der Waals surface area contributed by atoms with Gasteiger partial charge in [0.2, 0.25) is 5.91 Å². The van der Waals surface area contributed by atoms with Crippen LogP contribution in [0.25, 0.3) is 0 Å². The normalized spacial score (nSPS) is 22.8. The molecule has 12 heteroatoms. The highest BCUT2D eigenvalue weighted by Crippen LogP contribution is 2.45. The number of hydrogen-bond donors (Lipinski definition) is 3. The monoisotopic (exact) mass is 637 g/mol. The van der Waals surface area contributed by atoms with E-state index < -0.39 is 46.0 Å². The largest absolute Gasteiger partial charge is 0.416 e. The second kappa shape index (κ2) is 13.2. The first-order valence-corrected chi connectivity index (χ1v) is 17.7. The molecule has 2 aromatic rings. The fraction of sp³-hybridized carbons (Fsp3) is 0.548. The molecule has 43 heavy (non-hydrogen) atoms. The molecule has 0 heterocycles. The molecular weight excluding hydrogens is 599 g/mol. The molecule has 3 N–H and O–H groups in total. The second-order valence-corrected chi connectivity index (χ2v) is 14.9. The number of rotatable bonds is 12. The van der Waals surface area contributed by atoms with Crippen LogP contribution in [0.3, 0.4) is 0 Å². The van der Waals surface area contributed by atoms with Crippen molar-refractivity contribution in [3.8, 4) is 0 Å². The van der Waals surface area contributed by atoms with E-state index in [1.165, 1.54) is 43.5 Å². The van der Waals surface area contributed by atoms with E-state index in [9.17, 15) is 31.2 Å². The molecule has 7 nitrogen and oxygen atoms in total. The Morgan fingerprint density at radius 2 is 1.65 bits per heavy atom. The molecule has 2 amide bonds. The molecule has 0 unspecified atom stereocenters. The van der Waals surface area contributed by atoms with E-state index in [0.717, 1.165) is 29.5 Å². The zero-order valence-corrected chi connectivity index (χ0v) is 25.7. The topological polar surface area (TPSA) is 104 Å². The third-order valence-corrected chi connectivity index (χ3v) is 11.3. The van der Waals surface area contributed by atoms with Gasteiger partial charge in [-0.25, -0.2) is 8.42 Å². The van der Waals surface area contributed by atoms with E-state index in [1.807, 2.05) is 6.26 Å². The molecule has 0 aliphatic heterocycles. The van der Waals surface area contributed by atoms with Gasteiger partial charge < -0.3 is 16.0 Å². The molecule has 0 saturated heterocycles. The van der Waals surface area contributed by atoms with Gasteiger partial charge >= 0.3 is 6.18 Å². The van der Waals surface area contributed by atoms with Crippen LogP contribution in [0.15, 0.2) is 58.3 Å². The highest BCUT2D eigenvalue weighted by molar-refractivity contribution is 7.98. The number of halogens is 3. The number of sulfone groups is 1. The number of hydrogen-bond acceptors (Lipinski definition) is 6. The van der Waals surface area contributed by atoms with Gasteiger partial charge in [-0.2, -0.15) is 13.2 Å². The number of carbonyl (C=O) groups is 2. The predicted molar refractivity (Wildman–Crippen MR) is 159 cm³/mol. The summed E-state index contributed by atoms with van der Waals surface area (Å²) >= 11 is 1.53. The zero-order valence-electron chi connectivity index (χ0n) is 24.0. The van der Waals surface area contributed by atoms with Crippen LogP contribution >= 0.6 is 11.8 Å². The van der Waals surface area contributed by atoms with Crippen LogP contribution in [0, 0.1) is 17.8 Å². The average Bonchev–Trinajstić information content (AvgIpc) is 3.90. The standard InChI is InChI=1S/C31H38F3N3O4S2/c1-42-25-10-12-26(13-11-25)43(40,41)18-22-16-24(36-29(19-5-6-19)20-7-8-20)9-14-27(22)37-28(38)17-35-30(39)21-3-2-4-23(15-21)31(32,33)34/h2-4,10-13,15,19-20,22,24,27,29,36H,5-9,14,16-18H2,1H3,(H,35,39)(H,37,38)/t22-,24+,27-/m0/s1. The quantitative estimate of drug-likeness (QED) is 0.281. The Morgan fingerprint density at radius 1 is 0.977 bits per heavy atom. The zero-order chi connectivity index (χ0) is 30.8. The van der Waals surface area contributed by atoms with Crippen molar-refractivity contribution in [1.29, 1.82) is 0 Å². The number of amides is 2. The van der Waals surface area contributed by atoms with Gasteiger partial charge in [-0.1, -0.05) is 6.07 Å². The minimum absolute atomic E-state index is 0.122. The molecule has 0 radical (unpaired) electrons. The predicted octanol–water partition coefficient (Wildman–Crippen LogP) is 5.06. The van der Waals surface area contributed by atoms with Crippen LogP contribution in [0.5, 0.6) is 0 Å². The van der Waals surface area contributed by atoms with Crippen molar-refractivity contribution in [2.45, 2.75) is 79.0 Å². The van der Waals surface area contributed by atoms with Crippen LogP contribution in [0.2, 0.25) is 0 Å². The van der Waals surface area contributed by atoms with Crippen molar-refractivity contribution in [1.82, 2.24) is 16.0 Å². The molecule has 5 rings (SSSR count). The van der Waals surface area contributed by atoms with Crippen LogP contribution in [0.4, 0.5) is 13.2 Å². The third kappa shape index (κ3) is 8.54. The maximum atomic E-state index is 13.5. The Morgan fingerprint density at radius 3 is 2.26 bits per heavy atom. The summed E-state index contributed by atoms with van der Waals surface area (Å²) in [4.78, 5) is 26.6. The van der Waals surface area contributed by atoms with Crippen molar-refractivity contribution >= 4 is 33.4 Å². The van der Waals surface area contributed by atoms with Gasteiger partial charge in [-0.3, -0.25) is 9.59 Å². The highest BCUT2D eigenvalue weighted by Gasteiger charge is 2.44. The second-order valence-electron chi connectivity index (χ2n) is 12.0. The molecule has 2 aromatic carbocycles. The summed E-state index contributed by atoms with van der Waals surface area (Å²) in [6.07, 6.45) is 4.22. The smallest absolute Gasteiger partial charge is 0.352 e. The van der Waals surface area contributed by atoms with Gasteiger partial charge in [-0.15, -0.1) is 11.8 Å². The molecule has 234 valence electrons. The van der Waals surface area contributed by atoms with Crippen molar-refractivity contribution in [2.24, 2.45) is 17.8 Å². The Bertz CT molecular complexity index is 1400. The van der Waals surface area contributed by atoms with Crippen LogP contribution < -0.4 is 16.0 Å². The van der Waals surface area contributed by atoms with Crippen LogP contribution in [0.1, 0.15) is 60.9 Å². The van der Waals surface area contributed by atoms with Gasteiger partial charge in [0.15, 0.2) is 9.84 Å². The van der Waals surface area contributed by atoms with E-state index >= 15 is 0 Å². The Kier molecular flexibility index (Phi) is 9.77. The Labute approximate surface area is 255 Å². The van der Waals surface area contributed by atoms with E-state index in [1.54, 1.807) is 24.3 Å². The minimum atomic E-state index is -4.59. The molecule has 0 aromatic heterocycles. The molecule has 0 spiro atoms. The van der Waals surface area contributed by atoms with Crippen LogP contribution in [-0.4, -0.2) is 56.9 Å². The third-order valence-electron chi connectivity index (χ3n) is 8.73. The maximum absolute atomic E-state index is 13.5. The lowest BCUT2D eigenvalue weighted by Gasteiger charge is -2.38. The lowest BCUT2D eigenvalue weighted by molar-refractivity contribution is -0.137. The summed E-state index contributed by atoms with van der Waals surface area (Å²) in [5.74, 6) is -0.392. The van der Waals surface area contributed by atoms with Crippen molar-refractivity contribution in [3.63, 3.8) is 0 Å². The number of benzene rings is 2. The summed E-state index contributed by atoms with van der Waals surface area (Å²) in [5.41, 5.74) is -1.15. The van der Waals surface area contributed by atoms with Gasteiger partial charge in [0.1, 0.15) is 0 Å². The van der Waals surface area contributed by atoms with Crippen molar-refractivity contribution in [2.75, 3.05) is 18.6 Å². The van der Waals surface area contributed by atoms with Crippen LogP contribution in [-0.2, 0) is 20.8 Å². The number of carbonyl (C=O) groups excluding carboxylic acids is 2. The molecule has 3 aliphatic carbocycles. The van der Waals surface area contributed by atoms with Crippen molar-refractivity contribution in [3.05, 3.63) is 59.7 Å². The van der Waals surface area contributed by atoms with Gasteiger partial charge in [0, 0.05) is 28.6 Å². The minimum Gasteiger partial charge on any atom is -0.352 e. The van der Waals surface area contributed by atoms with E-state index in [2.05, 4.69) is 16.0 Å². The summed E-state index contributed by atoms with van der Waals surface area (Å²) in [6, 6.07) is 11.0. The van der Waals surface area contributed by atoms with Gasteiger partial charge in [0.25, 0.3) is 5.91 Å². The molecule has 3 saturated carbocycles. The van der Waals surface area contributed by atoms with E-state index in [4.69, 9.17) is 0 Å². The van der Waals surface area contributed by atoms with Crippen molar-refractivity contribution < 1.29 is 31.2 Å². The SMILES string of the molecule is CSc1ccc(S(=O)(=O)C[C@@H]2C[C@H](NC(C3CC3)C3CC3)CC[C@@H]2NC(=O)CNC(=O)c2cccc(C(F)(F)F)c2)cc1. The fourth-order valence-electron chi connectivity index (χ4n) is 6.15. The molecule has 3 fully saturated rings. The summed E-state index contributed by atoms with van der Waals surface area (Å²) in [6.45, 7) is -0.436. The first-order valence-electron chi connectivity index (χ1n) is 14.8.